The predicted molar refractivity (Wildman–Crippen MR) is 101 cm³/mol. The summed E-state index contributed by atoms with van der Waals surface area (Å²) in [4.78, 5) is 2.37. The number of fused-ring (bicyclic) bond motifs is 2. The lowest BCUT2D eigenvalue weighted by Gasteiger charge is -2.38. The summed E-state index contributed by atoms with van der Waals surface area (Å²) in [6.07, 6.45) is 1.31. The highest BCUT2D eigenvalue weighted by molar-refractivity contribution is 7.94. The quantitative estimate of drug-likeness (QED) is 0.829. The summed E-state index contributed by atoms with van der Waals surface area (Å²) in [5.41, 5.74) is 4.38. The third-order valence-corrected chi connectivity index (χ3v) is 8.27. The van der Waals surface area contributed by atoms with Crippen LogP contribution < -0.4 is 4.31 Å². The Balaban J connectivity index is 1.58. The molecular weight excluding hydrogens is 332 g/mol. The smallest absolute Gasteiger partial charge is 0.245 e. The second kappa shape index (κ2) is 5.85. The van der Waals surface area contributed by atoms with Crippen molar-refractivity contribution in [1.82, 2.24) is 4.90 Å². The molecular formula is C20H24N2O2S. The molecule has 132 valence electrons. The Labute approximate surface area is 150 Å². The number of para-hydroxylation sites is 1. The second-order valence-corrected chi connectivity index (χ2v) is 9.53. The van der Waals surface area contributed by atoms with Gasteiger partial charge in [0.2, 0.25) is 10.0 Å². The Kier molecular flexibility index (Phi) is 3.89. The van der Waals surface area contributed by atoms with Crippen LogP contribution in [0.25, 0.3) is 0 Å². The van der Waals surface area contributed by atoms with Crippen molar-refractivity contribution < 1.29 is 8.42 Å². The number of likely N-dealkylation sites (tertiary alicyclic amines) is 1. The van der Waals surface area contributed by atoms with Crippen molar-refractivity contribution >= 4 is 15.7 Å². The summed E-state index contributed by atoms with van der Waals surface area (Å²) in [5, 5.41) is 0. The monoisotopic (exact) mass is 356 g/mol. The molecule has 25 heavy (non-hydrogen) atoms. The van der Waals surface area contributed by atoms with E-state index in [9.17, 15) is 8.42 Å². The van der Waals surface area contributed by atoms with Gasteiger partial charge in [0.05, 0.1) is 5.69 Å². The van der Waals surface area contributed by atoms with Gasteiger partial charge in [0.15, 0.2) is 0 Å². The molecule has 0 amide bonds. The molecule has 0 aliphatic carbocycles. The Morgan fingerprint density at radius 3 is 2.48 bits per heavy atom. The summed E-state index contributed by atoms with van der Waals surface area (Å²) in [6.45, 7) is 4.59. The number of benzene rings is 2. The van der Waals surface area contributed by atoms with Crippen molar-refractivity contribution in [2.24, 2.45) is 0 Å². The fourth-order valence-electron chi connectivity index (χ4n) is 4.33. The molecule has 5 heteroatoms. The van der Waals surface area contributed by atoms with Crippen LogP contribution in [0.2, 0.25) is 0 Å². The standard InChI is InChI=1S/C20H24N2O2S/c1-16-6-5-7-17(14-16)15-22-12-10-20(11-13-22)18-8-3-4-9-19(18)21(2)25(20,23)24/h3-9,14H,10-13,15H2,1-2H3. The number of hydrogen-bond acceptors (Lipinski definition) is 3. The number of aryl methyl sites for hydroxylation is 1. The highest BCUT2D eigenvalue weighted by Crippen LogP contribution is 2.51. The maximum atomic E-state index is 13.1. The highest BCUT2D eigenvalue weighted by atomic mass is 32.2. The van der Waals surface area contributed by atoms with Gasteiger partial charge in [-0.05, 0) is 37.0 Å². The van der Waals surface area contributed by atoms with E-state index in [1.165, 1.54) is 15.4 Å². The van der Waals surface area contributed by atoms with Crippen molar-refractivity contribution in [1.29, 1.82) is 0 Å². The summed E-state index contributed by atoms with van der Waals surface area (Å²) >= 11 is 0. The molecule has 1 fully saturated rings. The first kappa shape index (κ1) is 16.6. The van der Waals surface area contributed by atoms with Crippen LogP contribution in [0.3, 0.4) is 0 Å². The summed E-state index contributed by atoms with van der Waals surface area (Å²) in [5.74, 6) is 0. The Morgan fingerprint density at radius 2 is 1.76 bits per heavy atom. The number of piperidine rings is 1. The average molecular weight is 356 g/mol. The van der Waals surface area contributed by atoms with E-state index >= 15 is 0 Å². The minimum Gasteiger partial charge on any atom is -0.299 e. The first-order valence-electron chi connectivity index (χ1n) is 8.80. The molecule has 0 atom stereocenters. The molecule has 2 aromatic carbocycles. The Bertz CT molecular complexity index is 899. The van der Waals surface area contributed by atoms with Gasteiger partial charge in [0.25, 0.3) is 0 Å². The van der Waals surface area contributed by atoms with E-state index < -0.39 is 14.8 Å². The maximum Gasteiger partial charge on any atom is 0.245 e. The van der Waals surface area contributed by atoms with Crippen molar-refractivity contribution in [2.75, 3.05) is 24.4 Å². The van der Waals surface area contributed by atoms with Gasteiger partial charge in [0, 0.05) is 26.7 Å². The largest absolute Gasteiger partial charge is 0.299 e. The molecule has 2 aliphatic heterocycles. The van der Waals surface area contributed by atoms with E-state index in [1.54, 1.807) is 7.05 Å². The molecule has 4 rings (SSSR count). The topological polar surface area (TPSA) is 40.6 Å². The lowest BCUT2D eigenvalue weighted by atomic mass is 9.87. The molecule has 0 aromatic heterocycles. The average Bonchev–Trinajstić information content (AvgIpc) is 2.76. The van der Waals surface area contributed by atoms with Crippen LogP contribution >= 0.6 is 0 Å². The van der Waals surface area contributed by atoms with E-state index in [4.69, 9.17) is 0 Å². The molecule has 2 heterocycles. The van der Waals surface area contributed by atoms with Gasteiger partial charge < -0.3 is 0 Å². The second-order valence-electron chi connectivity index (χ2n) is 7.25. The first-order chi connectivity index (χ1) is 11.9. The van der Waals surface area contributed by atoms with Gasteiger partial charge in [0.1, 0.15) is 4.75 Å². The van der Waals surface area contributed by atoms with Gasteiger partial charge in [-0.1, -0.05) is 48.0 Å². The first-order valence-corrected chi connectivity index (χ1v) is 10.2. The Hall–Kier alpha value is -1.85. The van der Waals surface area contributed by atoms with E-state index in [0.717, 1.165) is 30.9 Å². The lowest BCUT2D eigenvalue weighted by Crippen LogP contribution is -2.47. The van der Waals surface area contributed by atoms with E-state index in [-0.39, 0.29) is 0 Å². The zero-order valence-electron chi connectivity index (χ0n) is 14.8. The highest BCUT2D eigenvalue weighted by Gasteiger charge is 2.55. The normalized spacial score (nSPS) is 21.4. The molecule has 2 aromatic rings. The van der Waals surface area contributed by atoms with E-state index in [1.807, 2.05) is 24.3 Å². The van der Waals surface area contributed by atoms with Gasteiger partial charge in [-0.15, -0.1) is 0 Å². The fourth-order valence-corrected chi connectivity index (χ4v) is 6.42. The van der Waals surface area contributed by atoms with Gasteiger partial charge in [-0.25, -0.2) is 8.42 Å². The number of hydrogen-bond donors (Lipinski definition) is 0. The summed E-state index contributed by atoms with van der Waals surface area (Å²) < 4.78 is 27.0. The van der Waals surface area contributed by atoms with Crippen LogP contribution in [-0.4, -0.2) is 33.5 Å². The van der Waals surface area contributed by atoms with Crippen LogP contribution in [0.1, 0.15) is 29.5 Å². The van der Waals surface area contributed by atoms with Crippen molar-refractivity contribution in [3.8, 4) is 0 Å². The van der Waals surface area contributed by atoms with Crippen LogP contribution in [0.5, 0.6) is 0 Å². The van der Waals surface area contributed by atoms with Crippen LogP contribution in [0.15, 0.2) is 48.5 Å². The molecule has 4 nitrogen and oxygen atoms in total. The van der Waals surface area contributed by atoms with Crippen LogP contribution in [0, 0.1) is 6.92 Å². The maximum absolute atomic E-state index is 13.1. The van der Waals surface area contributed by atoms with Crippen LogP contribution in [0.4, 0.5) is 5.69 Å². The van der Waals surface area contributed by atoms with Crippen molar-refractivity contribution in [2.45, 2.75) is 31.1 Å². The lowest BCUT2D eigenvalue weighted by molar-refractivity contribution is 0.189. The molecule has 1 saturated heterocycles. The molecule has 0 saturated carbocycles. The van der Waals surface area contributed by atoms with Gasteiger partial charge in [-0.2, -0.15) is 0 Å². The van der Waals surface area contributed by atoms with Gasteiger partial charge in [-0.3, -0.25) is 9.21 Å². The molecule has 1 spiro atoms. The van der Waals surface area contributed by atoms with E-state index in [2.05, 4.69) is 36.1 Å². The molecule has 2 aliphatic rings. The van der Waals surface area contributed by atoms with Crippen LogP contribution in [-0.2, 0) is 21.3 Å². The number of rotatable bonds is 2. The van der Waals surface area contributed by atoms with E-state index in [0.29, 0.717) is 12.8 Å². The third kappa shape index (κ3) is 2.49. The molecule has 0 unspecified atom stereocenters. The van der Waals surface area contributed by atoms with Crippen molar-refractivity contribution in [3.63, 3.8) is 0 Å². The summed E-state index contributed by atoms with van der Waals surface area (Å²) in [7, 11) is -1.66. The minimum absolute atomic E-state index is 0.655. The zero-order valence-corrected chi connectivity index (χ0v) is 15.6. The third-order valence-electron chi connectivity index (χ3n) is 5.74. The van der Waals surface area contributed by atoms with Gasteiger partial charge >= 0.3 is 0 Å². The Morgan fingerprint density at radius 1 is 1.04 bits per heavy atom. The number of sulfonamides is 1. The summed E-state index contributed by atoms with van der Waals surface area (Å²) in [6, 6.07) is 16.3. The predicted octanol–water partition coefficient (Wildman–Crippen LogP) is 3.27. The molecule has 0 bridgehead atoms. The molecule has 0 radical (unpaired) electrons. The van der Waals surface area contributed by atoms with Crippen molar-refractivity contribution in [3.05, 3.63) is 65.2 Å². The minimum atomic E-state index is -3.34. The number of nitrogens with zero attached hydrogens (tertiary/aromatic N) is 2. The zero-order chi connectivity index (χ0) is 17.7. The number of anilines is 1. The molecule has 0 N–H and O–H groups in total. The SMILES string of the molecule is Cc1cccc(CN2CCC3(CC2)c2ccccc2N(C)S3(=O)=O)c1. The fraction of sp³-hybridized carbons (Fsp3) is 0.400.